The minimum Gasteiger partial charge on any atom is -0.490 e. The highest BCUT2D eigenvalue weighted by Gasteiger charge is 2.15. The van der Waals surface area contributed by atoms with Gasteiger partial charge in [0.2, 0.25) is 0 Å². The van der Waals surface area contributed by atoms with Crippen LogP contribution in [0.5, 0.6) is 5.75 Å². The van der Waals surface area contributed by atoms with Crippen molar-refractivity contribution in [2.45, 2.75) is 26.4 Å². The van der Waals surface area contributed by atoms with Crippen LogP contribution in [0.3, 0.4) is 0 Å². The Morgan fingerprint density at radius 1 is 1.45 bits per heavy atom. The molecule has 0 aromatic heterocycles. The first-order valence-corrected chi connectivity index (χ1v) is 7.19. The molecule has 6 heteroatoms. The third kappa shape index (κ3) is 6.10. The number of benzene rings is 1. The molecule has 1 amide bonds. The van der Waals surface area contributed by atoms with Gasteiger partial charge in [0.15, 0.2) is 0 Å². The van der Waals surface area contributed by atoms with E-state index in [0.29, 0.717) is 17.9 Å². The van der Waals surface area contributed by atoms with Crippen molar-refractivity contribution < 1.29 is 14.3 Å². The summed E-state index contributed by atoms with van der Waals surface area (Å²) in [4.78, 5) is 11.4. The molecule has 0 spiro atoms. The molecule has 0 heterocycles. The number of rotatable bonds is 4. The van der Waals surface area contributed by atoms with Gasteiger partial charge in [0.1, 0.15) is 24.0 Å². The molecular formula is C14H17IN2O3. The molecule has 108 valence electrons. The van der Waals surface area contributed by atoms with Crippen molar-refractivity contribution in [2.24, 2.45) is 0 Å². The molecule has 0 saturated heterocycles. The first-order chi connectivity index (χ1) is 9.31. The fraction of sp³-hybridized carbons (Fsp3) is 0.429. The molecule has 0 atom stereocenters. The number of nitriles is 1. The minimum atomic E-state index is -0.519. The molecule has 0 unspecified atom stereocenters. The monoisotopic (exact) mass is 388 g/mol. The van der Waals surface area contributed by atoms with Gasteiger partial charge in [0.25, 0.3) is 0 Å². The molecule has 0 aliphatic heterocycles. The number of nitrogens with zero attached hydrogens (tertiary/aromatic N) is 1. The number of hydrogen-bond acceptors (Lipinski definition) is 4. The topological polar surface area (TPSA) is 71.3 Å². The Hall–Kier alpha value is -1.49. The zero-order valence-corrected chi connectivity index (χ0v) is 13.9. The molecule has 0 radical (unpaired) electrons. The van der Waals surface area contributed by atoms with E-state index < -0.39 is 11.7 Å². The average Bonchev–Trinajstić information content (AvgIpc) is 2.33. The Morgan fingerprint density at radius 2 is 2.15 bits per heavy atom. The van der Waals surface area contributed by atoms with E-state index in [9.17, 15) is 4.79 Å². The summed E-state index contributed by atoms with van der Waals surface area (Å²) >= 11 is 2.15. The van der Waals surface area contributed by atoms with E-state index in [-0.39, 0.29) is 6.61 Å². The first-order valence-electron chi connectivity index (χ1n) is 6.11. The molecule has 0 saturated carbocycles. The van der Waals surface area contributed by atoms with Gasteiger partial charge in [0.05, 0.1) is 12.1 Å². The molecule has 5 nitrogen and oxygen atoms in total. The Balaban J connectivity index is 2.40. The van der Waals surface area contributed by atoms with Crippen LogP contribution in [-0.2, 0) is 4.74 Å². The predicted octanol–water partition coefficient (Wildman–Crippen LogP) is 3.07. The van der Waals surface area contributed by atoms with Gasteiger partial charge in [-0.25, -0.2) is 4.79 Å². The molecule has 20 heavy (non-hydrogen) atoms. The van der Waals surface area contributed by atoms with Crippen LogP contribution in [0.2, 0.25) is 0 Å². The lowest BCUT2D eigenvalue weighted by atomic mass is 10.2. The number of amides is 1. The number of carbonyl (C=O) groups excluding carboxylic acids is 1. The standard InChI is InChI=1S/C14H17IN2O3/c1-14(2,3)20-13(18)17-6-7-19-12-8-11(15)5-4-10(12)9-16/h4-5,8H,6-7H2,1-3H3,(H,17,18). The minimum absolute atomic E-state index is 0.272. The van der Waals surface area contributed by atoms with Gasteiger partial charge in [-0.2, -0.15) is 5.26 Å². The van der Waals surface area contributed by atoms with Gasteiger partial charge in [-0.3, -0.25) is 0 Å². The lowest BCUT2D eigenvalue weighted by molar-refractivity contribution is 0.0520. The summed E-state index contributed by atoms with van der Waals surface area (Å²) < 4.78 is 11.6. The van der Waals surface area contributed by atoms with E-state index >= 15 is 0 Å². The Morgan fingerprint density at radius 3 is 2.75 bits per heavy atom. The zero-order valence-electron chi connectivity index (χ0n) is 11.7. The summed E-state index contributed by atoms with van der Waals surface area (Å²) in [5.41, 5.74) is -0.0447. The molecule has 1 aromatic rings. The molecule has 1 aromatic carbocycles. The fourth-order valence-electron chi connectivity index (χ4n) is 1.34. The number of halogens is 1. The highest BCUT2D eigenvalue weighted by atomic mass is 127. The maximum Gasteiger partial charge on any atom is 0.407 e. The lowest BCUT2D eigenvalue weighted by Gasteiger charge is -2.19. The summed E-state index contributed by atoms with van der Waals surface area (Å²) in [6.45, 7) is 5.98. The van der Waals surface area contributed by atoms with E-state index in [1.54, 1.807) is 32.9 Å². The summed E-state index contributed by atoms with van der Waals surface area (Å²) in [6.07, 6.45) is -0.482. The molecule has 1 rings (SSSR count). The van der Waals surface area contributed by atoms with Gasteiger partial charge >= 0.3 is 6.09 Å². The van der Waals surface area contributed by atoms with Crippen molar-refractivity contribution in [3.63, 3.8) is 0 Å². The van der Waals surface area contributed by atoms with Gasteiger partial charge in [-0.15, -0.1) is 0 Å². The van der Waals surface area contributed by atoms with E-state index in [1.165, 1.54) is 0 Å². The SMILES string of the molecule is CC(C)(C)OC(=O)NCCOc1cc(I)ccc1C#N. The summed E-state index contributed by atoms with van der Waals surface area (Å²) in [7, 11) is 0. The largest absolute Gasteiger partial charge is 0.490 e. The maximum absolute atomic E-state index is 11.4. The first kappa shape index (κ1) is 16.6. The van der Waals surface area contributed by atoms with Crippen LogP contribution in [0.15, 0.2) is 18.2 Å². The van der Waals surface area contributed by atoms with Crippen LogP contribution in [0.1, 0.15) is 26.3 Å². The fourth-order valence-corrected chi connectivity index (χ4v) is 1.80. The second-order valence-corrected chi connectivity index (χ2v) is 6.28. The smallest absolute Gasteiger partial charge is 0.407 e. The molecular weight excluding hydrogens is 371 g/mol. The van der Waals surface area contributed by atoms with Crippen molar-refractivity contribution in [3.8, 4) is 11.8 Å². The van der Waals surface area contributed by atoms with Crippen molar-refractivity contribution in [2.75, 3.05) is 13.2 Å². The van der Waals surface area contributed by atoms with Crippen LogP contribution in [0, 0.1) is 14.9 Å². The van der Waals surface area contributed by atoms with E-state index in [1.807, 2.05) is 6.07 Å². The summed E-state index contributed by atoms with van der Waals surface area (Å²) in [5.74, 6) is 0.519. The van der Waals surface area contributed by atoms with Crippen LogP contribution in [0.4, 0.5) is 4.79 Å². The van der Waals surface area contributed by atoms with Crippen molar-refractivity contribution in [1.82, 2.24) is 5.32 Å². The number of carbonyl (C=O) groups is 1. The van der Waals surface area contributed by atoms with Crippen LogP contribution in [0.25, 0.3) is 0 Å². The second kappa shape index (κ2) is 7.33. The maximum atomic E-state index is 11.4. The number of ether oxygens (including phenoxy) is 2. The molecule has 0 bridgehead atoms. The Labute approximate surface area is 132 Å². The lowest BCUT2D eigenvalue weighted by Crippen LogP contribution is -2.34. The average molecular weight is 388 g/mol. The van der Waals surface area contributed by atoms with Gasteiger partial charge in [-0.05, 0) is 61.6 Å². The Bertz CT molecular complexity index is 518. The van der Waals surface area contributed by atoms with Crippen molar-refractivity contribution in [3.05, 3.63) is 27.3 Å². The molecule has 0 aliphatic rings. The summed E-state index contributed by atoms with van der Waals surface area (Å²) in [6, 6.07) is 7.39. The van der Waals surface area contributed by atoms with Gasteiger partial charge < -0.3 is 14.8 Å². The van der Waals surface area contributed by atoms with E-state index in [2.05, 4.69) is 34.0 Å². The quantitative estimate of drug-likeness (QED) is 0.636. The molecule has 1 N–H and O–H groups in total. The van der Waals surface area contributed by atoms with Crippen LogP contribution < -0.4 is 10.1 Å². The van der Waals surface area contributed by atoms with Crippen LogP contribution >= 0.6 is 22.6 Å². The van der Waals surface area contributed by atoms with E-state index in [0.717, 1.165) is 3.57 Å². The normalized spacial score (nSPS) is 10.6. The number of hydrogen-bond donors (Lipinski definition) is 1. The van der Waals surface area contributed by atoms with E-state index in [4.69, 9.17) is 14.7 Å². The summed E-state index contributed by atoms with van der Waals surface area (Å²) in [5, 5.41) is 11.6. The van der Waals surface area contributed by atoms with Crippen LogP contribution in [-0.4, -0.2) is 24.8 Å². The third-order valence-corrected chi connectivity index (χ3v) is 2.76. The highest BCUT2D eigenvalue weighted by molar-refractivity contribution is 14.1. The molecule has 0 fully saturated rings. The van der Waals surface area contributed by atoms with Crippen molar-refractivity contribution in [1.29, 1.82) is 5.26 Å². The highest BCUT2D eigenvalue weighted by Crippen LogP contribution is 2.20. The van der Waals surface area contributed by atoms with Gasteiger partial charge in [0, 0.05) is 3.57 Å². The van der Waals surface area contributed by atoms with Gasteiger partial charge in [-0.1, -0.05) is 0 Å². The number of nitrogens with one attached hydrogen (secondary N) is 1. The second-order valence-electron chi connectivity index (χ2n) is 5.03. The number of alkyl carbamates (subject to hydrolysis) is 1. The van der Waals surface area contributed by atoms with Crippen molar-refractivity contribution >= 4 is 28.7 Å². The zero-order chi connectivity index (χ0) is 15.2. The third-order valence-electron chi connectivity index (χ3n) is 2.09. The predicted molar refractivity (Wildman–Crippen MR) is 83.6 cm³/mol. The Kier molecular flexibility index (Phi) is 6.07. The molecule has 0 aliphatic carbocycles.